The van der Waals surface area contributed by atoms with E-state index in [-0.39, 0.29) is 12.1 Å². The van der Waals surface area contributed by atoms with Crippen LogP contribution in [0.4, 0.5) is 0 Å². The van der Waals surface area contributed by atoms with Crippen LogP contribution in [0.3, 0.4) is 0 Å². The lowest BCUT2D eigenvalue weighted by Gasteiger charge is -2.33. The van der Waals surface area contributed by atoms with Gasteiger partial charge < -0.3 is 19.9 Å². The summed E-state index contributed by atoms with van der Waals surface area (Å²) in [6.07, 6.45) is 6.52. The Morgan fingerprint density at radius 1 is 1.12 bits per heavy atom. The number of rotatable bonds is 5. The van der Waals surface area contributed by atoms with Crippen LogP contribution in [0.5, 0.6) is 0 Å². The highest BCUT2D eigenvalue weighted by Crippen LogP contribution is 2.44. The van der Waals surface area contributed by atoms with Crippen LogP contribution in [0.2, 0.25) is 0 Å². The number of para-hydroxylation sites is 1. The quantitative estimate of drug-likeness (QED) is 0.516. The van der Waals surface area contributed by atoms with Crippen molar-refractivity contribution in [2.24, 2.45) is 0 Å². The van der Waals surface area contributed by atoms with Crippen LogP contribution < -0.4 is 5.32 Å². The molecule has 2 aromatic heterocycles. The molecule has 2 N–H and O–H groups in total. The molecule has 1 aliphatic carbocycles. The highest BCUT2D eigenvalue weighted by Gasteiger charge is 2.44. The Morgan fingerprint density at radius 3 is 2.55 bits per heavy atom. The standard InChI is InChI=1S/C26H28N4O2S/c1-16-15-20(17(2)29(16)22-13-6-5-11-19(22)25(31)32)24-23(21-12-7-8-14-27-21)28-26(33)30(24)18-9-3-4-10-18/h5-8,11-15,18,23-24H,3-4,9-10H2,1-2H3,(H,28,33)(H,31,32)/t23-,24-/m0/s1. The number of benzene rings is 1. The van der Waals surface area contributed by atoms with Crippen LogP contribution in [0, 0.1) is 13.8 Å². The largest absolute Gasteiger partial charge is 0.478 e. The molecule has 3 heterocycles. The highest BCUT2D eigenvalue weighted by atomic mass is 32.1. The Labute approximate surface area is 199 Å². The number of aromatic nitrogens is 2. The number of hydrogen-bond donors (Lipinski definition) is 2. The molecule has 0 amide bonds. The van der Waals surface area contributed by atoms with Crippen molar-refractivity contribution in [1.29, 1.82) is 0 Å². The monoisotopic (exact) mass is 460 g/mol. The molecule has 2 fully saturated rings. The molecule has 0 spiro atoms. The van der Waals surface area contributed by atoms with Crippen molar-refractivity contribution in [2.45, 2.75) is 57.7 Å². The number of carboxylic acid groups (broad SMARTS) is 1. The summed E-state index contributed by atoms with van der Waals surface area (Å²) in [6, 6.07) is 15.7. The van der Waals surface area contributed by atoms with Crippen molar-refractivity contribution >= 4 is 23.3 Å². The first kappa shape index (κ1) is 21.6. The Kier molecular flexibility index (Phi) is 5.66. The first-order chi connectivity index (χ1) is 16.0. The smallest absolute Gasteiger partial charge is 0.337 e. The third kappa shape index (κ3) is 3.70. The fourth-order valence-corrected chi connectivity index (χ4v) is 5.97. The first-order valence-corrected chi connectivity index (χ1v) is 11.9. The third-order valence-corrected chi connectivity index (χ3v) is 7.35. The van der Waals surface area contributed by atoms with Crippen molar-refractivity contribution < 1.29 is 9.90 Å². The number of thiocarbonyl (C=S) groups is 1. The normalized spacial score (nSPS) is 20.9. The molecule has 1 saturated carbocycles. The second kappa shape index (κ2) is 8.63. The van der Waals surface area contributed by atoms with E-state index in [9.17, 15) is 9.90 Å². The second-order valence-corrected chi connectivity index (χ2v) is 9.34. The molecular formula is C26H28N4O2S. The zero-order valence-corrected chi connectivity index (χ0v) is 19.7. The number of pyridine rings is 1. The third-order valence-electron chi connectivity index (χ3n) is 7.02. The molecule has 0 unspecified atom stereocenters. The Balaban J connectivity index is 1.66. The van der Waals surface area contributed by atoms with E-state index in [1.807, 2.05) is 43.5 Å². The lowest BCUT2D eigenvalue weighted by atomic mass is 9.95. The predicted molar refractivity (Wildman–Crippen MR) is 132 cm³/mol. The van der Waals surface area contributed by atoms with E-state index >= 15 is 0 Å². The van der Waals surface area contributed by atoms with E-state index in [1.165, 1.54) is 12.8 Å². The van der Waals surface area contributed by atoms with Gasteiger partial charge >= 0.3 is 5.97 Å². The number of aromatic carboxylic acids is 1. The van der Waals surface area contributed by atoms with Crippen LogP contribution in [0.1, 0.15) is 70.8 Å². The molecule has 2 aliphatic rings. The Hall–Kier alpha value is -3.19. The van der Waals surface area contributed by atoms with E-state index < -0.39 is 5.97 Å². The van der Waals surface area contributed by atoms with E-state index in [2.05, 4.69) is 32.8 Å². The SMILES string of the molecule is Cc1cc([C@H]2[C@H](c3ccccn3)NC(=S)N2C2CCCC2)c(C)n1-c1ccccc1C(=O)O. The summed E-state index contributed by atoms with van der Waals surface area (Å²) in [6.45, 7) is 4.11. The highest BCUT2D eigenvalue weighted by molar-refractivity contribution is 7.80. The summed E-state index contributed by atoms with van der Waals surface area (Å²) in [7, 11) is 0. The van der Waals surface area contributed by atoms with Gasteiger partial charge in [-0.3, -0.25) is 4.98 Å². The van der Waals surface area contributed by atoms with Gasteiger partial charge in [0.2, 0.25) is 0 Å². The van der Waals surface area contributed by atoms with E-state index in [0.29, 0.717) is 17.3 Å². The van der Waals surface area contributed by atoms with E-state index in [1.54, 1.807) is 12.1 Å². The molecule has 1 saturated heterocycles. The number of nitrogens with one attached hydrogen (secondary N) is 1. The number of carboxylic acids is 1. The molecule has 1 aliphatic heterocycles. The summed E-state index contributed by atoms with van der Waals surface area (Å²) >= 11 is 5.87. The van der Waals surface area contributed by atoms with Crippen LogP contribution in [0.25, 0.3) is 5.69 Å². The van der Waals surface area contributed by atoms with Gasteiger partial charge in [0.25, 0.3) is 0 Å². The van der Waals surface area contributed by atoms with Crippen LogP contribution >= 0.6 is 12.2 Å². The summed E-state index contributed by atoms with van der Waals surface area (Å²) in [5.74, 6) is -0.928. The minimum atomic E-state index is -0.928. The molecule has 2 atom stereocenters. The molecular weight excluding hydrogens is 432 g/mol. The fourth-order valence-electron chi connectivity index (χ4n) is 5.58. The fraction of sp³-hybridized carbons (Fsp3) is 0.346. The molecule has 5 rings (SSSR count). The maximum absolute atomic E-state index is 11.9. The van der Waals surface area contributed by atoms with Gasteiger partial charge in [-0.05, 0) is 74.8 Å². The van der Waals surface area contributed by atoms with Crippen LogP contribution in [-0.4, -0.2) is 36.7 Å². The van der Waals surface area contributed by atoms with Crippen molar-refractivity contribution in [3.63, 3.8) is 0 Å². The Morgan fingerprint density at radius 2 is 1.85 bits per heavy atom. The van der Waals surface area contributed by atoms with Crippen molar-refractivity contribution in [1.82, 2.24) is 19.8 Å². The predicted octanol–water partition coefficient (Wildman–Crippen LogP) is 5.10. The lowest BCUT2D eigenvalue weighted by Crippen LogP contribution is -2.37. The molecule has 0 bridgehead atoms. The maximum atomic E-state index is 11.9. The van der Waals surface area contributed by atoms with Gasteiger partial charge in [-0.25, -0.2) is 4.79 Å². The van der Waals surface area contributed by atoms with Gasteiger partial charge in [0.05, 0.1) is 29.0 Å². The molecule has 3 aromatic rings. The maximum Gasteiger partial charge on any atom is 0.337 e. The molecule has 33 heavy (non-hydrogen) atoms. The van der Waals surface area contributed by atoms with Crippen molar-refractivity contribution in [3.05, 3.63) is 82.9 Å². The van der Waals surface area contributed by atoms with Gasteiger partial charge in [0.1, 0.15) is 0 Å². The molecule has 170 valence electrons. The lowest BCUT2D eigenvalue weighted by molar-refractivity contribution is 0.0697. The summed E-state index contributed by atoms with van der Waals surface area (Å²) in [5.41, 5.74) is 5.12. The zero-order chi connectivity index (χ0) is 23.1. The second-order valence-electron chi connectivity index (χ2n) is 8.96. The molecule has 1 aromatic carbocycles. The molecule has 0 radical (unpaired) electrons. The summed E-state index contributed by atoms with van der Waals surface area (Å²) in [4.78, 5) is 19.0. The van der Waals surface area contributed by atoms with Gasteiger partial charge in [-0.2, -0.15) is 0 Å². The topological polar surface area (TPSA) is 70.4 Å². The molecule has 7 heteroatoms. The average molecular weight is 461 g/mol. The first-order valence-electron chi connectivity index (χ1n) is 11.5. The number of aryl methyl sites for hydroxylation is 1. The average Bonchev–Trinajstić information content (AvgIpc) is 3.52. The molecule has 6 nitrogen and oxygen atoms in total. The number of nitrogens with zero attached hydrogens (tertiary/aromatic N) is 3. The van der Waals surface area contributed by atoms with E-state index in [4.69, 9.17) is 12.2 Å². The van der Waals surface area contributed by atoms with Gasteiger partial charge in [-0.1, -0.05) is 31.0 Å². The summed E-state index contributed by atoms with van der Waals surface area (Å²) in [5, 5.41) is 14.1. The van der Waals surface area contributed by atoms with Crippen molar-refractivity contribution in [3.8, 4) is 5.69 Å². The van der Waals surface area contributed by atoms with Gasteiger partial charge in [-0.15, -0.1) is 0 Å². The van der Waals surface area contributed by atoms with Crippen LogP contribution in [0.15, 0.2) is 54.7 Å². The Bertz CT molecular complexity index is 1200. The number of carbonyl (C=O) groups is 1. The zero-order valence-electron chi connectivity index (χ0n) is 18.9. The van der Waals surface area contributed by atoms with Gasteiger partial charge in [0.15, 0.2) is 5.11 Å². The number of hydrogen-bond acceptors (Lipinski definition) is 3. The van der Waals surface area contributed by atoms with Crippen LogP contribution in [-0.2, 0) is 0 Å². The minimum Gasteiger partial charge on any atom is -0.478 e. The van der Waals surface area contributed by atoms with Crippen molar-refractivity contribution in [2.75, 3.05) is 0 Å². The minimum absolute atomic E-state index is 0.00700. The summed E-state index contributed by atoms with van der Waals surface area (Å²) < 4.78 is 2.06. The van der Waals surface area contributed by atoms with Gasteiger partial charge in [0, 0.05) is 23.6 Å². The van der Waals surface area contributed by atoms with E-state index in [0.717, 1.165) is 40.6 Å².